The first kappa shape index (κ1) is 115. The van der Waals surface area contributed by atoms with Crippen molar-refractivity contribution in [1.29, 1.82) is 0 Å². The SMILES string of the molecule is CC(=O)CCC(=O)N[C@@H](CC(=O)O)C(=O)C[C@@H](CC(=O)O)C(=O)NC(C)(C)C.CC(=O)N[C@H](C(=O)C[C@@H](CC(N)=O)C(C)=O)C(C)C.CN[C@@H](CO)C(=O)N[C@H]1CSSC[C@@H](C)NC(=O)CCC(=O)[C@H](CC(C)C)NC(=O)[C@H](CC(C)C)NC(=O)[C@H](CC(N)=O)NC(=O)[C@@H]2CCCN2C(C)[C@H](CC(C)C)NC(=O)[C@H](CC(C)C)CC(=O)[C@H](CC(C)C)NC1=O. The number of carboxylic acids is 2. The monoisotopic (exact) mass is 1800 g/mol. The van der Waals surface area contributed by atoms with Crippen LogP contribution < -0.4 is 70.0 Å². The molecule has 0 aliphatic carbocycles. The molecule has 2 fully saturated rings. The van der Waals surface area contributed by atoms with Crippen molar-refractivity contribution in [2.24, 2.45) is 64.7 Å². The number of aliphatic hydroxyl groups is 1. The number of amides is 12. The summed E-state index contributed by atoms with van der Waals surface area (Å²) >= 11 is 0. The Hall–Kier alpha value is -8.82. The molecular weight excluding hydrogens is 1650 g/mol. The lowest BCUT2D eigenvalue weighted by Gasteiger charge is -2.37. The third kappa shape index (κ3) is 48.6. The molecule has 2 heterocycles. The first-order valence-electron chi connectivity index (χ1n) is 42.8. The maximum absolute atomic E-state index is 14.6. The molecule has 18 N–H and O–H groups in total. The Morgan fingerprint density at radius 3 is 1.55 bits per heavy atom. The number of aliphatic carboxylic acids is 2. The third-order valence-corrected chi connectivity index (χ3v) is 22.6. The van der Waals surface area contributed by atoms with E-state index in [0.29, 0.717) is 38.0 Å². The van der Waals surface area contributed by atoms with Crippen LogP contribution in [-0.4, -0.2) is 247 Å². The second kappa shape index (κ2) is 58.5. The number of nitrogens with zero attached hydrogens (tertiary/aromatic N) is 1. The van der Waals surface area contributed by atoms with Crippen LogP contribution in [0.25, 0.3) is 0 Å². The highest BCUT2D eigenvalue weighted by atomic mass is 33.1. The first-order valence-corrected chi connectivity index (χ1v) is 45.3. The molecule has 0 radical (unpaired) electrons. The van der Waals surface area contributed by atoms with Crippen LogP contribution in [-0.2, 0) is 95.9 Å². The number of rotatable bonds is 36. The average Bonchev–Trinajstić information content (AvgIpc) is 1.64. The molecule has 1 unspecified atom stereocenters. The number of nitrogens with two attached hydrogens (primary N) is 2. The van der Waals surface area contributed by atoms with Crippen molar-refractivity contribution in [3.8, 4) is 0 Å². The van der Waals surface area contributed by atoms with Crippen LogP contribution in [0.15, 0.2) is 0 Å². The summed E-state index contributed by atoms with van der Waals surface area (Å²) in [5.41, 5.74) is 10.0. The van der Waals surface area contributed by atoms with Gasteiger partial charge in [0, 0.05) is 105 Å². The van der Waals surface area contributed by atoms with Gasteiger partial charge >= 0.3 is 11.9 Å². The minimum Gasteiger partial charge on any atom is -0.481 e. The molecule has 0 bridgehead atoms. The van der Waals surface area contributed by atoms with Gasteiger partial charge in [0.25, 0.3) is 0 Å². The van der Waals surface area contributed by atoms with E-state index in [4.69, 9.17) is 21.7 Å². The minimum absolute atomic E-state index is 0.00415. The topological polar surface area (TPSA) is 590 Å². The molecule has 39 heteroatoms. The smallest absolute Gasteiger partial charge is 0.305 e. The molecule has 706 valence electrons. The summed E-state index contributed by atoms with van der Waals surface area (Å²) < 4.78 is 0. The van der Waals surface area contributed by atoms with Gasteiger partial charge in [0.05, 0.1) is 62.0 Å². The fourth-order valence-electron chi connectivity index (χ4n) is 13.8. The Morgan fingerprint density at radius 2 is 1.06 bits per heavy atom. The summed E-state index contributed by atoms with van der Waals surface area (Å²) in [5, 5.41) is 58.0. The lowest BCUT2D eigenvalue weighted by atomic mass is 9.87. The number of carbonyl (C=O) groups is 20. The lowest BCUT2D eigenvalue weighted by molar-refractivity contribution is -0.144. The zero-order chi connectivity index (χ0) is 95.5. The van der Waals surface area contributed by atoms with E-state index in [9.17, 15) is 101 Å². The van der Waals surface area contributed by atoms with E-state index >= 15 is 0 Å². The molecule has 2 aliphatic heterocycles. The van der Waals surface area contributed by atoms with Gasteiger partial charge in [-0.15, -0.1) is 0 Å². The number of primary amides is 2. The molecule has 37 nitrogen and oxygen atoms in total. The van der Waals surface area contributed by atoms with Crippen molar-refractivity contribution in [3.63, 3.8) is 0 Å². The first-order chi connectivity index (χ1) is 57.4. The van der Waals surface area contributed by atoms with Crippen LogP contribution in [0.4, 0.5) is 0 Å². The van der Waals surface area contributed by atoms with E-state index in [1.807, 2.05) is 81.1 Å². The molecule has 0 spiro atoms. The average molecular weight is 1800 g/mol. The summed E-state index contributed by atoms with van der Waals surface area (Å²) in [6.45, 7) is 35.5. The van der Waals surface area contributed by atoms with Crippen molar-refractivity contribution >= 4 is 139 Å². The van der Waals surface area contributed by atoms with Crippen LogP contribution >= 0.6 is 21.6 Å². The number of nitrogens with one attached hydrogen (secondary N) is 11. The summed E-state index contributed by atoms with van der Waals surface area (Å²) in [7, 11) is 4.09. The van der Waals surface area contributed by atoms with Gasteiger partial charge in [-0.1, -0.05) is 105 Å². The van der Waals surface area contributed by atoms with Gasteiger partial charge in [0.1, 0.15) is 35.7 Å². The van der Waals surface area contributed by atoms with E-state index in [0.717, 1.165) is 0 Å². The van der Waals surface area contributed by atoms with E-state index in [-0.39, 0.29) is 146 Å². The summed E-state index contributed by atoms with van der Waals surface area (Å²) in [6, 6.07) is -10.9. The number of carbonyl (C=O) groups excluding carboxylic acids is 18. The van der Waals surface area contributed by atoms with Crippen LogP contribution in [0.5, 0.6) is 0 Å². The maximum Gasteiger partial charge on any atom is 0.305 e. The molecule has 0 aromatic carbocycles. The largest absolute Gasteiger partial charge is 0.481 e. The lowest BCUT2D eigenvalue weighted by Crippen LogP contribution is -2.60. The summed E-state index contributed by atoms with van der Waals surface area (Å²) in [5.74, 6) is -14.5. The van der Waals surface area contributed by atoms with Crippen molar-refractivity contribution in [2.75, 3.05) is 31.7 Å². The van der Waals surface area contributed by atoms with E-state index < -0.39 is 205 Å². The summed E-state index contributed by atoms with van der Waals surface area (Å²) in [4.78, 5) is 256. The van der Waals surface area contributed by atoms with E-state index in [1.54, 1.807) is 41.5 Å². The highest BCUT2D eigenvalue weighted by Crippen LogP contribution is 2.29. The van der Waals surface area contributed by atoms with Crippen LogP contribution in [0, 0.1) is 53.3 Å². The van der Waals surface area contributed by atoms with Gasteiger partial charge in [-0.05, 0) is 143 Å². The van der Waals surface area contributed by atoms with Gasteiger partial charge in [-0.2, -0.15) is 0 Å². The minimum atomic E-state index is -1.45. The van der Waals surface area contributed by atoms with Gasteiger partial charge in [0.15, 0.2) is 23.1 Å². The van der Waals surface area contributed by atoms with Crippen LogP contribution in [0.1, 0.15) is 254 Å². The molecule has 0 saturated carbocycles. The fourth-order valence-corrected chi connectivity index (χ4v) is 16.3. The molecule has 124 heavy (non-hydrogen) atoms. The van der Waals surface area contributed by atoms with Crippen LogP contribution in [0.3, 0.4) is 0 Å². The number of hydrogen-bond acceptors (Lipinski definition) is 25. The Kier molecular flexibility index (Phi) is 54.3. The highest BCUT2D eigenvalue weighted by Gasteiger charge is 2.42. The summed E-state index contributed by atoms with van der Waals surface area (Å²) in [6.07, 6.45) is -0.950. The molecule has 0 aromatic rings. The Labute approximate surface area is 738 Å². The third-order valence-electron chi connectivity index (χ3n) is 20.0. The predicted molar refractivity (Wildman–Crippen MR) is 469 cm³/mol. The van der Waals surface area contributed by atoms with Crippen molar-refractivity contribution < 1.29 is 111 Å². The van der Waals surface area contributed by atoms with Gasteiger partial charge < -0.3 is 90.1 Å². The second-order valence-electron chi connectivity index (χ2n) is 36.0. The molecule has 2 saturated heterocycles. The Bertz CT molecular complexity index is 3610. The van der Waals surface area contributed by atoms with Crippen molar-refractivity contribution in [1.82, 2.24) is 63.4 Å². The Balaban J connectivity index is 0.00000260. The fraction of sp³-hybridized carbons (Fsp3) is 0.765. The van der Waals surface area contributed by atoms with Crippen molar-refractivity contribution in [3.05, 3.63) is 0 Å². The zero-order valence-corrected chi connectivity index (χ0v) is 78.2. The molecule has 0 aromatic heterocycles. The molecular formula is C85H146N14O23S2. The van der Waals surface area contributed by atoms with Gasteiger partial charge in [-0.3, -0.25) is 96.0 Å². The van der Waals surface area contributed by atoms with E-state index in [1.165, 1.54) is 49.4 Å². The highest BCUT2D eigenvalue weighted by molar-refractivity contribution is 8.76. The number of likely N-dealkylation sites (N-methyl/N-ethyl adjacent to an activating group) is 1. The number of aliphatic hydroxyl groups excluding tert-OH is 1. The quantitative estimate of drug-likeness (QED) is 0.0401. The number of carboxylic acid groups (broad SMARTS) is 2. The van der Waals surface area contributed by atoms with Gasteiger partial charge in [-0.25, -0.2) is 0 Å². The van der Waals surface area contributed by atoms with Crippen molar-refractivity contribution in [2.45, 2.75) is 332 Å². The maximum atomic E-state index is 14.6. The molecule has 12 amide bonds. The number of hydrogen-bond donors (Lipinski definition) is 16. The van der Waals surface area contributed by atoms with E-state index in [2.05, 4.69) is 58.5 Å². The van der Waals surface area contributed by atoms with Gasteiger partial charge in [0.2, 0.25) is 70.9 Å². The second-order valence-corrected chi connectivity index (χ2v) is 38.5. The number of fused-ring (bicyclic) bond motifs is 1. The number of Topliss-reactive ketones (excluding diaryl/α,β-unsaturated/α-hetero) is 6. The molecule has 2 aliphatic rings. The number of ketones is 6. The van der Waals surface area contributed by atoms with Crippen LogP contribution in [0.2, 0.25) is 0 Å². The zero-order valence-electron chi connectivity index (χ0n) is 76.6. The standard InChI is InChI=1S/C54H96N10O11S2.C18H28N2O8.C13H22N2O4/c1-29(2)19-36-24-46(67)39(22-32(7)8)60-53(74)43(63-52(73)42(26-65)56-13)28-77-76-27-34(11)57-48(69)17-16-45(66)38(21-31(5)6)59-50(71)40(23-33(9)10)61-51(72)41(25-47(55)68)62-54(75)44-15-14-18-64(44)35(12)37(20-30(3)4)58-49(36)70;1-10(21)5-6-14(23)19-12(9-16(26)27)13(22)7-11(8-15(24)25)17(28)20-18(2,3)4;1-7(2)13(15-9(4)17)11(18)5-10(8(3)16)6-12(14)19/h29-44,56,65H,14-28H2,1-13H3,(H2,55,68)(H,57,69)(H,58,70)(H,59,71)(H,60,74)(H,61,72)(H,62,75)(H,63,73);11-12H,5-9H2,1-4H3,(H,19,23)(H,20,28)(H,24,25)(H,26,27);7,10,13H,5-6H2,1-4H3,(H2,14,19)(H,15,17)/t34-,35?,36-,37+,38+,39+,40+,41+,42+,43+,44+;11-,12-;10-,13-/m100/s1. The Morgan fingerprint density at radius 1 is 0.540 bits per heavy atom. The molecule has 15 atom stereocenters. The predicted octanol–water partition coefficient (Wildman–Crippen LogP) is 2.73. The molecule has 2 rings (SSSR count). The normalized spacial score (nSPS) is 22.4.